The van der Waals surface area contributed by atoms with Gasteiger partial charge in [-0.1, -0.05) is 35.0 Å². The van der Waals surface area contributed by atoms with Crippen LogP contribution in [0.25, 0.3) is 23.1 Å². The standard InChI is InChI=1S/C20H16F3N5O2/c1-12-3-5-14(6-4-12)11-28-13(2)24-18(26-28)19-25-17(27-30-19)15-7-9-16(10-8-15)29-20(21,22)23/h3-10H,11H2,1-2H3. The summed E-state index contributed by atoms with van der Waals surface area (Å²) in [6.07, 6.45) is -4.75. The van der Waals surface area contributed by atoms with Gasteiger partial charge in [-0.05, 0) is 43.7 Å². The van der Waals surface area contributed by atoms with Gasteiger partial charge < -0.3 is 9.26 Å². The maximum absolute atomic E-state index is 12.3. The Labute approximate surface area is 169 Å². The fourth-order valence-corrected chi connectivity index (χ4v) is 2.76. The highest BCUT2D eigenvalue weighted by atomic mass is 19.4. The van der Waals surface area contributed by atoms with Gasteiger partial charge in [-0.15, -0.1) is 18.3 Å². The van der Waals surface area contributed by atoms with Gasteiger partial charge >= 0.3 is 6.36 Å². The molecule has 30 heavy (non-hydrogen) atoms. The molecule has 4 rings (SSSR count). The highest BCUT2D eigenvalue weighted by Crippen LogP contribution is 2.26. The number of aryl methyl sites for hydroxylation is 2. The third-order valence-corrected chi connectivity index (χ3v) is 4.27. The Morgan fingerprint density at radius 1 is 0.933 bits per heavy atom. The van der Waals surface area contributed by atoms with E-state index in [0.29, 0.717) is 17.9 Å². The minimum Gasteiger partial charge on any atom is -0.406 e. The highest BCUT2D eigenvalue weighted by Gasteiger charge is 2.31. The molecular weight excluding hydrogens is 399 g/mol. The Hall–Kier alpha value is -3.69. The molecule has 2 aromatic carbocycles. The van der Waals surface area contributed by atoms with E-state index >= 15 is 0 Å². The van der Waals surface area contributed by atoms with Crippen molar-refractivity contribution in [2.45, 2.75) is 26.8 Å². The lowest BCUT2D eigenvalue weighted by atomic mass is 10.1. The molecule has 0 unspecified atom stereocenters. The number of ether oxygens (including phenoxy) is 1. The van der Waals surface area contributed by atoms with Gasteiger partial charge in [-0.25, -0.2) is 9.67 Å². The third-order valence-electron chi connectivity index (χ3n) is 4.27. The predicted octanol–water partition coefficient (Wildman–Crippen LogP) is 4.56. The number of hydrogen-bond acceptors (Lipinski definition) is 6. The fourth-order valence-electron chi connectivity index (χ4n) is 2.76. The molecule has 0 spiro atoms. The van der Waals surface area contributed by atoms with E-state index in [-0.39, 0.29) is 23.3 Å². The Bertz CT molecular complexity index is 1150. The zero-order valence-electron chi connectivity index (χ0n) is 16.0. The smallest absolute Gasteiger partial charge is 0.406 e. The van der Waals surface area contributed by atoms with Crippen molar-refractivity contribution in [2.75, 3.05) is 0 Å². The van der Waals surface area contributed by atoms with Gasteiger partial charge in [-0.3, -0.25) is 0 Å². The van der Waals surface area contributed by atoms with E-state index in [4.69, 9.17) is 4.52 Å². The van der Waals surface area contributed by atoms with Crippen LogP contribution in [0, 0.1) is 13.8 Å². The van der Waals surface area contributed by atoms with Crippen molar-refractivity contribution in [3.63, 3.8) is 0 Å². The summed E-state index contributed by atoms with van der Waals surface area (Å²) in [6, 6.07) is 13.3. The summed E-state index contributed by atoms with van der Waals surface area (Å²) in [5, 5.41) is 8.28. The number of hydrogen-bond donors (Lipinski definition) is 0. The van der Waals surface area contributed by atoms with Crippen LogP contribution in [0.15, 0.2) is 53.1 Å². The molecule has 2 aromatic heterocycles. The first-order chi connectivity index (χ1) is 14.3. The molecule has 0 aliphatic heterocycles. The number of rotatable bonds is 5. The van der Waals surface area contributed by atoms with E-state index in [9.17, 15) is 13.2 Å². The van der Waals surface area contributed by atoms with Crippen molar-refractivity contribution < 1.29 is 22.4 Å². The van der Waals surface area contributed by atoms with Gasteiger partial charge in [0, 0.05) is 5.56 Å². The Balaban J connectivity index is 1.52. The van der Waals surface area contributed by atoms with E-state index < -0.39 is 6.36 Å². The minimum absolute atomic E-state index is 0.117. The number of benzene rings is 2. The van der Waals surface area contributed by atoms with E-state index in [1.807, 2.05) is 38.1 Å². The minimum atomic E-state index is -4.75. The second-order valence-electron chi connectivity index (χ2n) is 6.62. The van der Waals surface area contributed by atoms with Crippen LogP contribution in [0.5, 0.6) is 5.75 Å². The molecule has 0 atom stereocenters. The van der Waals surface area contributed by atoms with Crippen LogP contribution in [0.4, 0.5) is 13.2 Å². The molecule has 0 aliphatic carbocycles. The van der Waals surface area contributed by atoms with Crippen molar-refractivity contribution in [2.24, 2.45) is 0 Å². The first kappa shape index (κ1) is 19.6. The maximum atomic E-state index is 12.3. The fraction of sp³-hybridized carbons (Fsp3) is 0.200. The Morgan fingerprint density at radius 2 is 1.63 bits per heavy atom. The molecule has 0 fully saturated rings. The quantitative estimate of drug-likeness (QED) is 0.476. The molecule has 154 valence electrons. The van der Waals surface area contributed by atoms with E-state index in [0.717, 1.165) is 5.56 Å². The maximum Gasteiger partial charge on any atom is 0.573 e. The van der Waals surface area contributed by atoms with Crippen LogP contribution in [0.1, 0.15) is 17.0 Å². The molecule has 0 saturated heterocycles. The SMILES string of the molecule is Cc1ccc(Cn2nc(-c3nc(-c4ccc(OC(F)(F)F)cc4)no3)nc2C)cc1. The zero-order valence-corrected chi connectivity index (χ0v) is 16.0. The number of aromatic nitrogens is 5. The summed E-state index contributed by atoms with van der Waals surface area (Å²) < 4.78 is 47.6. The Morgan fingerprint density at radius 3 is 2.30 bits per heavy atom. The summed E-state index contributed by atoms with van der Waals surface area (Å²) in [4.78, 5) is 8.62. The number of nitrogens with zero attached hydrogens (tertiary/aromatic N) is 5. The zero-order chi connectivity index (χ0) is 21.3. The van der Waals surface area contributed by atoms with Crippen molar-refractivity contribution in [1.29, 1.82) is 0 Å². The van der Waals surface area contributed by atoms with Crippen LogP contribution in [0.3, 0.4) is 0 Å². The van der Waals surface area contributed by atoms with Crippen molar-refractivity contribution in [3.8, 4) is 28.9 Å². The van der Waals surface area contributed by atoms with Crippen molar-refractivity contribution >= 4 is 0 Å². The van der Waals surface area contributed by atoms with Gasteiger partial charge in [-0.2, -0.15) is 4.98 Å². The molecule has 0 N–H and O–H groups in total. The highest BCUT2D eigenvalue weighted by molar-refractivity contribution is 5.57. The lowest BCUT2D eigenvalue weighted by molar-refractivity contribution is -0.274. The van der Waals surface area contributed by atoms with E-state index in [2.05, 4.69) is 25.0 Å². The average molecular weight is 415 g/mol. The molecule has 0 bridgehead atoms. The van der Waals surface area contributed by atoms with Crippen LogP contribution in [0.2, 0.25) is 0 Å². The molecule has 4 aromatic rings. The summed E-state index contributed by atoms with van der Waals surface area (Å²) in [5.41, 5.74) is 2.72. The second kappa shape index (κ2) is 7.62. The summed E-state index contributed by atoms with van der Waals surface area (Å²) >= 11 is 0. The largest absolute Gasteiger partial charge is 0.573 e. The van der Waals surface area contributed by atoms with Crippen LogP contribution in [-0.2, 0) is 6.54 Å². The van der Waals surface area contributed by atoms with Crippen molar-refractivity contribution in [1.82, 2.24) is 24.9 Å². The van der Waals surface area contributed by atoms with Gasteiger partial charge in [0.05, 0.1) is 6.54 Å². The van der Waals surface area contributed by atoms with Crippen molar-refractivity contribution in [3.05, 3.63) is 65.5 Å². The van der Waals surface area contributed by atoms with E-state index in [1.54, 1.807) is 4.68 Å². The predicted molar refractivity (Wildman–Crippen MR) is 100 cm³/mol. The van der Waals surface area contributed by atoms with Crippen LogP contribution < -0.4 is 4.74 Å². The summed E-state index contributed by atoms with van der Waals surface area (Å²) in [5.74, 6) is 0.943. The molecular formula is C20H16F3N5O2. The normalized spacial score (nSPS) is 11.6. The van der Waals surface area contributed by atoms with Gasteiger partial charge in [0.15, 0.2) is 0 Å². The van der Waals surface area contributed by atoms with Gasteiger partial charge in [0.25, 0.3) is 5.89 Å². The third kappa shape index (κ3) is 4.48. The monoisotopic (exact) mass is 415 g/mol. The number of alkyl halides is 3. The van der Waals surface area contributed by atoms with Gasteiger partial charge in [0.1, 0.15) is 11.6 Å². The first-order valence-electron chi connectivity index (χ1n) is 8.94. The van der Waals surface area contributed by atoms with E-state index in [1.165, 1.54) is 29.8 Å². The molecule has 0 saturated carbocycles. The molecule has 0 radical (unpaired) electrons. The molecule has 0 aliphatic rings. The molecule has 7 nitrogen and oxygen atoms in total. The van der Waals surface area contributed by atoms with Crippen LogP contribution >= 0.6 is 0 Å². The summed E-state index contributed by atoms with van der Waals surface area (Å²) in [6.45, 7) is 4.38. The average Bonchev–Trinajstić information content (AvgIpc) is 3.30. The van der Waals surface area contributed by atoms with Gasteiger partial charge in [0.2, 0.25) is 11.6 Å². The first-order valence-corrected chi connectivity index (χ1v) is 8.94. The topological polar surface area (TPSA) is 78.9 Å². The lowest BCUT2D eigenvalue weighted by Crippen LogP contribution is -2.16. The van der Waals surface area contributed by atoms with Crippen LogP contribution in [-0.4, -0.2) is 31.3 Å². The second-order valence-corrected chi connectivity index (χ2v) is 6.62. The summed E-state index contributed by atoms with van der Waals surface area (Å²) in [7, 11) is 0. The molecule has 0 amide bonds. The molecule has 2 heterocycles. The Kier molecular flexibility index (Phi) is 4.98. The molecule has 10 heteroatoms. The lowest BCUT2D eigenvalue weighted by Gasteiger charge is -2.08. The number of halogens is 3.